The fourth-order valence-corrected chi connectivity index (χ4v) is 2.56. The van der Waals surface area contributed by atoms with E-state index in [1.54, 1.807) is 42.7 Å². The molecule has 0 atom stereocenters. The lowest BCUT2D eigenvalue weighted by atomic mass is 10.3. The van der Waals surface area contributed by atoms with Crippen LogP contribution in [0.25, 0.3) is 22.6 Å². The maximum Gasteiger partial charge on any atom is 0.293 e. The van der Waals surface area contributed by atoms with Gasteiger partial charge in [0.2, 0.25) is 5.89 Å². The van der Waals surface area contributed by atoms with Gasteiger partial charge in [0.1, 0.15) is 5.52 Å². The minimum Gasteiger partial charge on any atom is -0.459 e. The highest BCUT2D eigenvalue weighted by atomic mass is 32.1. The SMILES string of the molecule is O=C(NC(=S)Nc1ccc2oc(-c3cccnc3)nc2c1)c1ccco1. The summed E-state index contributed by atoms with van der Waals surface area (Å²) in [5, 5.41) is 5.64. The lowest BCUT2D eigenvalue weighted by Gasteiger charge is -2.08. The van der Waals surface area contributed by atoms with Crippen LogP contribution in [0, 0.1) is 0 Å². The number of rotatable bonds is 3. The Kier molecular flexibility index (Phi) is 4.16. The summed E-state index contributed by atoms with van der Waals surface area (Å²) < 4.78 is 10.8. The van der Waals surface area contributed by atoms with Crippen LogP contribution in [0.1, 0.15) is 10.6 Å². The molecular weight excluding hydrogens is 352 g/mol. The van der Waals surface area contributed by atoms with Crippen molar-refractivity contribution >= 4 is 40.0 Å². The molecule has 0 bridgehead atoms. The molecule has 0 saturated heterocycles. The number of nitrogens with one attached hydrogen (secondary N) is 2. The highest BCUT2D eigenvalue weighted by Gasteiger charge is 2.12. The van der Waals surface area contributed by atoms with Crippen LogP contribution in [0.15, 0.2) is 70.0 Å². The topological polar surface area (TPSA) is 93.2 Å². The number of pyridine rings is 1. The predicted molar refractivity (Wildman–Crippen MR) is 99.6 cm³/mol. The molecule has 0 radical (unpaired) electrons. The van der Waals surface area contributed by atoms with Crippen molar-refractivity contribution in [2.24, 2.45) is 0 Å². The number of oxazole rings is 1. The van der Waals surface area contributed by atoms with Gasteiger partial charge in [-0.25, -0.2) is 4.98 Å². The first-order chi connectivity index (χ1) is 12.7. The first-order valence-electron chi connectivity index (χ1n) is 7.66. The van der Waals surface area contributed by atoms with Crippen molar-refractivity contribution in [2.75, 3.05) is 5.32 Å². The van der Waals surface area contributed by atoms with Gasteiger partial charge in [0.15, 0.2) is 16.5 Å². The lowest BCUT2D eigenvalue weighted by Crippen LogP contribution is -2.33. The Morgan fingerprint density at radius 1 is 1.15 bits per heavy atom. The summed E-state index contributed by atoms with van der Waals surface area (Å²) in [5.74, 6) is 0.245. The largest absolute Gasteiger partial charge is 0.459 e. The third-order valence-electron chi connectivity index (χ3n) is 3.53. The van der Waals surface area contributed by atoms with Crippen LogP contribution < -0.4 is 10.6 Å². The molecule has 8 heteroatoms. The molecule has 4 aromatic rings. The number of anilines is 1. The summed E-state index contributed by atoms with van der Waals surface area (Å²) in [6.45, 7) is 0. The van der Waals surface area contributed by atoms with Crippen LogP contribution in [-0.2, 0) is 0 Å². The number of furan rings is 1. The third-order valence-corrected chi connectivity index (χ3v) is 3.73. The van der Waals surface area contributed by atoms with Crippen LogP contribution in [0.3, 0.4) is 0 Å². The van der Waals surface area contributed by atoms with Crippen molar-refractivity contribution in [1.82, 2.24) is 15.3 Å². The summed E-state index contributed by atoms with van der Waals surface area (Å²) in [5.41, 5.74) is 2.77. The Bertz CT molecular complexity index is 1070. The minimum atomic E-state index is -0.422. The van der Waals surface area contributed by atoms with Gasteiger partial charge in [-0.05, 0) is 54.7 Å². The van der Waals surface area contributed by atoms with E-state index < -0.39 is 5.91 Å². The number of thiocarbonyl (C=S) groups is 1. The van der Waals surface area contributed by atoms with E-state index >= 15 is 0 Å². The van der Waals surface area contributed by atoms with Gasteiger partial charge in [0.05, 0.1) is 11.8 Å². The maximum atomic E-state index is 11.9. The van der Waals surface area contributed by atoms with E-state index in [2.05, 4.69) is 20.6 Å². The zero-order valence-corrected chi connectivity index (χ0v) is 14.1. The zero-order chi connectivity index (χ0) is 17.9. The van der Waals surface area contributed by atoms with Crippen LogP contribution in [0.4, 0.5) is 5.69 Å². The normalized spacial score (nSPS) is 10.6. The monoisotopic (exact) mass is 364 g/mol. The van der Waals surface area contributed by atoms with Gasteiger partial charge < -0.3 is 14.2 Å². The molecule has 7 nitrogen and oxygen atoms in total. The van der Waals surface area contributed by atoms with E-state index in [0.717, 1.165) is 5.56 Å². The Labute approximate surface area is 153 Å². The summed E-state index contributed by atoms with van der Waals surface area (Å²) in [7, 11) is 0. The van der Waals surface area contributed by atoms with Gasteiger partial charge >= 0.3 is 0 Å². The van der Waals surface area contributed by atoms with Crippen molar-refractivity contribution in [3.05, 3.63) is 66.9 Å². The van der Waals surface area contributed by atoms with E-state index in [0.29, 0.717) is 22.7 Å². The molecule has 4 rings (SSSR count). The van der Waals surface area contributed by atoms with Gasteiger partial charge in [0.25, 0.3) is 5.91 Å². The second kappa shape index (κ2) is 6.77. The number of nitrogens with zero attached hydrogens (tertiary/aromatic N) is 2. The molecule has 0 aliphatic heterocycles. The Balaban J connectivity index is 1.50. The van der Waals surface area contributed by atoms with Crippen molar-refractivity contribution in [2.45, 2.75) is 0 Å². The first kappa shape index (κ1) is 16.0. The molecular formula is C18H12N4O3S. The Hall–Kier alpha value is -3.52. The summed E-state index contributed by atoms with van der Waals surface area (Å²) in [4.78, 5) is 20.4. The molecule has 0 fully saturated rings. The number of benzene rings is 1. The Morgan fingerprint density at radius 3 is 2.85 bits per heavy atom. The fraction of sp³-hybridized carbons (Fsp3) is 0. The van der Waals surface area contributed by atoms with Crippen LogP contribution >= 0.6 is 12.2 Å². The number of carbonyl (C=O) groups is 1. The van der Waals surface area contributed by atoms with Gasteiger partial charge in [0, 0.05) is 18.1 Å². The molecule has 128 valence electrons. The summed E-state index contributed by atoms with van der Waals surface area (Å²) in [6, 6.07) is 12.2. The van der Waals surface area contributed by atoms with E-state index in [1.807, 2.05) is 12.1 Å². The number of aromatic nitrogens is 2. The highest BCUT2D eigenvalue weighted by molar-refractivity contribution is 7.80. The Morgan fingerprint density at radius 2 is 2.08 bits per heavy atom. The number of hydrogen-bond donors (Lipinski definition) is 2. The van der Waals surface area contributed by atoms with Crippen LogP contribution in [0.2, 0.25) is 0 Å². The molecule has 3 aromatic heterocycles. The van der Waals surface area contributed by atoms with Gasteiger partial charge in [-0.15, -0.1) is 0 Å². The molecule has 3 heterocycles. The number of amides is 1. The van der Waals surface area contributed by atoms with Gasteiger partial charge in [-0.2, -0.15) is 0 Å². The standard InChI is InChI=1S/C18H12N4O3S/c23-16(15-4-2-8-24-15)22-18(26)20-12-5-6-14-13(9-12)21-17(25-14)11-3-1-7-19-10-11/h1-10H,(H2,20,22,23,26). The lowest BCUT2D eigenvalue weighted by molar-refractivity contribution is 0.0950. The molecule has 0 saturated carbocycles. The number of fused-ring (bicyclic) bond motifs is 1. The molecule has 0 aliphatic rings. The highest BCUT2D eigenvalue weighted by Crippen LogP contribution is 2.25. The van der Waals surface area contributed by atoms with E-state index in [1.165, 1.54) is 6.26 Å². The van der Waals surface area contributed by atoms with Gasteiger partial charge in [-0.1, -0.05) is 0 Å². The predicted octanol–water partition coefficient (Wildman–Crippen LogP) is 3.61. The third kappa shape index (κ3) is 3.31. The molecule has 1 amide bonds. The number of carbonyl (C=O) groups excluding carboxylic acids is 1. The summed E-state index contributed by atoms with van der Waals surface area (Å²) in [6.07, 6.45) is 4.79. The van der Waals surface area contributed by atoms with Crippen molar-refractivity contribution < 1.29 is 13.6 Å². The molecule has 0 spiro atoms. The fourth-order valence-electron chi connectivity index (χ4n) is 2.35. The van der Waals surface area contributed by atoms with E-state index in [4.69, 9.17) is 21.1 Å². The summed E-state index contributed by atoms with van der Waals surface area (Å²) >= 11 is 5.15. The smallest absolute Gasteiger partial charge is 0.293 e. The second-order valence-corrected chi connectivity index (χ2v) is 5.74. The van der Waals surface area contributed by atoms with Crippen molar-refractivity contribution in [3.63, 3.8) is 0 Å². The molecule has 1 aromatic carbocycles. The van der Waals surface area contributed by atoms with E-state index in [9.17, 15) is 4.79 Å². The second-order valence-electron chi connectivity index (χ2n) is 5.33. The van der Waals surface area contributed by atoms with Gasteiger partial charge in [-0.3, -0.25) is 15.1 Å². The molecule has 2 N–H and O–H groups in total. The maximum absolute atomic E-state index is 11.9. The van der Waals surface area contributed by atoms with Crippen LogP contribution in [-0.4, -0.2) is 21.0 Å². The van der Waals surface area contributed by atoms with Crippen molar-refractivity contribution in [1.29, 1.82) is 0 Å². The molecule has 0 aliphatic carbocycles. The number of hydrogen-bond acceptors (Lipinski definition) is 6. The van der Waals surface area contributed by atoms with E-state index in [-0.39, 0.29) is 10.9 Å². The molecule has 26 heavy (non-hydrogen) atoms. The average molecular weight is 364 g/mol. The van der Waals surface area contributed by atoms with Crippen LogP contribution in [0.5, 0.6) is 0 Å². The van der Waals surface area contributed by atoms with Crippen molar-refractivity contribution in [3.8, 4) is 11.5 Å². The minimum absolute atomic E-state index is 0.154. The first-order valence-corrected chi connectivity index (χ1v) is 8.07. The average Bonchev–Trinajstić information content (AvgIpc) is 3.32. The molecule has 0 unspecified atom stereocenters. The quantitative estimate of drug-likeness (QED) is 0.536. The zero-order valence-electron chi connectivity index (χ0n) is 13.3.